The van der Waals surface area contributed by atoms with E-state index in [0.717, 1.165) is 33.5 Å². The van der Waals surface area contributed by atoms with Crippen LogP contribution in [0, 0.1) is 0 Å². The molecule has 1 aliphatic rings. The van der Waals surface area contributed by atoms with E-state index in [1.54, 1.807) is 0 Å². The van der Waals surface area contributed by atoms with Crippen LogP contribution >= 0.6 is 0 Å². The first-order chi connectivity index (χ1) is 15.1. The lowest BCUT2D eigenvalue weighted by Gasteiger charge is -2.10. The van der Waals surface area contributed by atoms with Crippen LogP contribution in [0.25, 0.3) is 11.0 Å². The van der Waals surface area contributed by atoms with Gasteiger partial charge < -0.3 is 25.9 Å². The molecule has 2 aromatic heterocycles. The van der Waals surface area contributed by atoms with Crippen molar-refractivity contribution in [2.45, 2.75) is 19.8 Å². The van der Waals surface area contributed by atoms with E-state index in [-0.39, 0.29) is 11.6 Å². The molecule has 1 amide bonds. The highest BCUT2D eigenvalue weighted by Crippen LogP contribution is 2.27. The number of H-pyrrole nitrogens is 2. The Balaban J connectivity index is 1.43. The third kappa shape index (κ3) is 3.95. The molecule has 0 saturated heterocycles. The fraction of sp³-hybridized carbons (Fsp3) is 0.190. The van der Waals surface area contributed by atoms with E-state index in [1.807, 2.05) is 43.3 Å². The molecule has 0 spiro atoms. The van der Waals surface area contributed by atoms with Gasteiger partial charge in [-0.25, -0.2) is 4.79 Å². The van der Waals surface area contributed by atoms with E-state index in [4.69, 9.17) is 0 Å². The number of hydrogen-bond donors (Lipinski definition) is 5. The lowest BCUT2D eigenvalue weighted by molar-refractivity contribution is -0.115. The molecule has 0 unspecified atom stereocenters. The third-order valence-corrected chi connectivity index (χ3v) is 4.95. The second kappa shape index (κ2) is 7.56. The maximum Gasteiger partial charge on any atom is 0.323 e. The standard InChI is InChI=1S/C21H20N8O2/c1-2-22-19-27-17(8-11-3-5-15-16(7-11)26-21(31)25-15)28-20(29-19)23-13-4-6-14-12(9-13)10-18(30)24-14/h3-7,9H,2,8,10H2,1H3,(H,24,30)(H2,25,26,31)(H2,22,23,27,28,29). The minimum atomic E-state index is -0.237. The molecule has 0 atom stereocenters. The zero-order valence-electron chi connectivity index (χ0n) is 16.7. The Hall–Kier alpha value is -4.21. The average molecular weight is 416 g/mol. The van der Waals surface area contributed by atoms with Crippen LogP contribution in [0.2, 0.25) is 0 Å². The van der Waals surface area contributed by atoms with Crippen molar-refractivity contribution < 1.29 is 4.79 Å². The minimum absolute atomic E-state index is 0.00948. The lowest BCUT2D eigenvalue weighted by Crippen LogP contribution is -2.10. The van der Waals surface area contributed by atoms with Crippen molar-refractivity contribution in [3.8, 4) is 0 Å². The highest BCUT2D eigenvalue weighted by Gasteiger charge is 2.18. The molecule has 5 rings (SSSR count). The van der Waals surface area contributed by atoms with Crippen LogP contribution in [0.4, 0.5) is 23.3 Å². The highest BCUT2D eigenvalue weighted by molar-refractivity contribution is 5.99. The van der Waals surface area contributed by atoms with Crippen LogP contribution in [0.15, 0.2) is 41.2 Å². The topological polar surface area (TPSA) is 140 Å². The first-order valence-corrected chi connectivity index (χ1v) is 9.95. The predicted octanol–water partition coefficient (Wildman–Crippen LogP) is 2.30. The summed E-state index contributed by atoms with van der Waals surface area (Å²) in [6.45, 7) is 2.64. The molecule has 2 aromatic carbocycles. The van der Waals surface area contributed by atoms with Crippen LogP contribution in [0.5, 0.6) is 0 Å². The predicted molar refractivity (Wildman–Crippen MR) is 118 cm³/mol. The Labute approximate surface area is 176 Å². The summed E-state index contributed by atoms with van der Waals surface area (Å²) in [4.78, 5) is 42.1. The Kier molecular flexibility index (Phi) is 4.58. The van der Waals surface area contributed by atoms with Gasteiger partial charge in [-0.3, -0.25) is 4.79 Å². The van der Waals surface area contributed by atoms with Crippen molar-refractivity contribution in [1.29, 1.82) is 0 Å². The fourth-order valence-electron chi connectivity index (χ4n) is 3.60. The van der Waals surface area contributed by atoms with E-state index in [1.165, 1.54) is 0 Å². The fourth-order valence-corrected chi connectivity index (χ4v) is 3.60. The quantitative estimate of drug-likeness (QED) is 0.325. The van der Waals surface area contributed by atoms with Crippen molar-refractivity contribution in [2.75, 3.05) is 22.5 Å². The lowest BCUT2D eigenvalue weighted by atomic mass is 10.1. The Morgan fingerprint density at radius 1 is 0.968 bits per heavy atom. The van der Waals surface area contributed by atoms with Crippen LogP contribution in [0.1, 0.15) is 23.9 Å². The molecule has 1 aliphatic heterocycles. The van der Waals surface area contributed by atoms with Crippen molar-refractivity contribution >= 4 is 40.2 Å². The van der Waals surface area contributed by atoms with E-state index >= 15 is 0 Å². The summed E-state index contributed by atoms with van der Waals surface area (Å²) < 4.78 is 0. The molecule has 10 nitrogen and oxygen atoms in total. The van der Waals surface area contributed by atoms with Gasteiger partial charge in [0.2, 0.25) is 17.8 Å². The Morgan fingerprint density at radius 3 is 2.68 bits per heavy atom. The van der Waals surface area contributed by atoms with Gasteiger partial charge in [-0.2, -0.15) is 15.0 Å². The van der Waals surface area contributed by atoms with Gasteiger partial charge in [-0.1, -0.05) is 6.07 Å². The smallest absolute Gasteiger partial charge is 0.323 e. The molecule has 0 aliphatic carbocycles. The number of aromatic amines is 2. The summed E-state index contributed by atoms with van der Waals surface area (Å²) >= 11 is 0. The van der Waals surface area contributed by atoms with Gasteiger partial charge in [0.05, 0.1) is 17.5 Å². The molecule has 31 heavy (non-hydrogen) atoms. The summed E-state index contributed by atoms with van der Waals surface area (Å²) in [5, 5.41) is 9.17. The van der Waals surface area contributed by atoms with E-state index in [9.17, 15) is 9.59 Å². The van der Waals surface area contributed by atoms with Crippen molar-refractivity contribution in [1.82, 2.24) is 24.9 Å². The number of rotatable bonds is 6. The maximum atomic E-state index is 11.6. The van der Waals surface area contributed by atoms with E-state index in [0.29, 0.717) is 37.1 Å². The minimum Gasteiger partial charge on any atom is -0.354 e. The average Bonchev–Trinajstić information content (AvgIpc) is 3.27. The molecule has 5 N–H and O–H groups in total. The van der Waals surface area contributed by atoms with Crippen LogP contribution in [-0.2, 0) is 17.6 Å². The number of aromatic nitrogens is 5. The van der Waals surface area contributed by atoms with Gasteiger partial charge in [0.15, 0.2) is 0 Å². The number of imidazole rings is 1. The summed E-state index contributed by atoms with van der Waals surface area (Å²) in [5.74, 6) is 1.46. The summed E-state index contributed by atoms with van der Waals surface area (Å²) in [6.07, 6.45) is 0.834. The molecular weight excluding hydrogens is 396 g/mol. The van der Waals surface area contributed by atoms with Gasteiger partial charge in [0.1, 0.15) is 5.82 Å². The number of hydrogen-bond acceptors (Lipinski definition) is 7. The van der Waals surface area contributed by atoms with Gasteiger partial charge >= 0.3 is 5.69 Å². The summed E-state index contributed by atoms with van der Waals surface area (Å²) in [5.41, 5.74) is 4.78. The first kappa shape index (κ1) is 18.8. The monoisotopic (exact) mass is 416 g/mol. The van der Waals surface area contributed by atoms with Gasteiger partial charge in [0.25, 0.3) is 0 Å². The number of nitrogens with one attached hydrogen (secondary N) is 5. The van der Waals surface area contributed by atoms with Gasteiger partial charge in [0, 0.05) is 24.3 Å². The normalized spacial score (nSPS) is 12.6. The van der Waals surface area contributed by atoms with Crippen molar-refractivity contribution in [2.24, 2.45) is 0 Å². The number of benzene rings is 2. The SMILES string of the molecule is CCNc1nc(Cc2ccc3[nH]c(=O)[nH]c3c2)nc(Nc2ccc3c(c2)CC(=O)N3)n1. The van der Waals surface area contributed by atoms with Crippen LogP contribution in [0.3, 0.4) is 0 Å². The number of amides is 1. The zero-order chi connectivity index (χ0) is 21.4. The first-order valence-electron chi connectivity index (χ1n) is 9.95. The number of nitrogens with zero attached hydrogens (tertiary/aromatic N) is 3. The number of carbonyl (C=O) groups excluding carboxylic acids is 1. The molecule has 10 heteroatoms. The van der Waals surface area contributed by atoms with E-state index in [2.05, 4.69) is 40.9 Å². The number of anilines is 4. The molecule has 3 heterocycles. The summed E-state index contributed by atoms with van der Waals surface area (Å²) in [7, 11) is 0. The molecule has 0 fully saturated rings. The molecule has 4 aromatic rings. The van der Waals surface area contributed by atoms with Crippen molar-refractivity contribution in [3.63, 3.8) is 0 Å². The molecular formula is C21H20N8O2. The number of carbonyl (C=O) groups is 1. The Bertz CT molecular complexity index is 1360. The summed E-state index contributed by atoms with van der Waals surface area (Å²) in [6, 6.07) is 11.3. The second-order valence-corrected chi connectivity index (χ2v) is 7.29. The van der Waals surface area contributed by atoms with E-state index < -0.39 is 0 Å². The molecule has 0 bridgehead atoms. The molecule has 0 saturated carbocycles. The zero-order valence-corrected chi connectivity index (χ0v) is 16.7. The maximum absolute atomic E-state index is 11.6. The number of fused-ring (bicyclic) bond motifs is 2. The highest BCUT2D eigenvalue weighted by atomic mass is 16.2. The third-order valence-electron chi connectivity index (χ3n) is 4.95. The van der Waals surface area contributed by atoms with Crippen LogP contribution in [-0.4, -0.2) is 37.4 Å². The Morgan fingerprint density at radius 2 is 1.81 bits per heavy atom. The van der Waals surface area contributed by atoms with Crippen LogP contribution < -0.4 is 21.6 Å². The van der Waals surface area contributed by atoms with Gasteiger partial charge in [-0.05, 0) is 48.4 Å². The molecule has 0 radical (unpaired) electrons. The van der Waals surface area contributed by atoms with Crippen molar-refractivity contribution in [3.05, 3.63) is 63.8 Å². The van der Waals surface area contributed by atoms with Gasteiger partial charge in [-0.15, -0.1) is 0 Å². The second-order valence-electron chi connectivity index (χ2n) is 7.29. The largest absolute Gasteiger partial charge is 0.354 e. The molecule has 156 valence electrons.